The predicted molar refractivity (Wildman–Crippen MR) is 63.6 cm³/mol. The zero-order valence-corrected chi connectivity index (χ0v) is 10.9. The number of nitrogens with zero attached hydrogens (tertiary/aromatic N) is 1. The quantitative estimate of drug-likeness (QED) is 0.620. The number of rotatable bonds is 1. The molecule has 0 spiro atoms. The Morgan fingerprint density at radius 3 is 2.07 bits per heavy atom. The molecule has 0 unspecified atom stereocenters. The van der Waals surface area contributed by atoms with Gasteiger partial charge in [-0.2, -0.15) is 0 Å². The molecule has 1 saturated heterocycles. The van der Waals surface area contributed by atoms with Gasteiger partial charge in [0.25, 0.3) is 0 Å². The van der Waals surface area contributed by atoms with Crippen molar-refractivity contribution < 1.29 is 0 Å². The largest absolute Gasteiger partial charge is 0.296 e. The van der Waals surface area contributed by atoms with Gasteiger partial charge in [-0.15, -0.1) is 0 Å². The van der Waals surface area contributed by atoms with Crippen molar-refractivity contribution in [2.45, 2.75) is 72.4 Å². The molecule has 0 saturated carbocycles. The predicted octanol–water partition coefficient (Wildman–Crippen LogP) is 3.69. The Balaban J connectivity index is 2.61. The van der Waals surface area contributed by atoms with Crippen molar-refractivity contribution >= 4 is 0 Å². The standard InChI is InChI=1S/C13H27N/c1-12(2,3)10-11-8-7-9-14(11)13(4,5)6/h11H,7-10H2,1-6H3/t11-/m0/s1. The third-order valence-electron chi connectivity index (χ3n) is 3.09. The molecule has 1 rings (SSSR count). The van der Waals surface area contributed by atoms with Crippen LogP contribution >= 0.6 is 0 Å². The van der Waals surface area contributed by atoms with Crippen LogP contribution in [-0.4, -0.2) is 23.0 Å². The maximum Gasteiger partial charge on any atom is 0.0127 e. The van der Waals surface area contributed by atoms with Crippen LogP contribution in [0.5, 0.6) is 0 Å². The fraction of sp³-hybridized carbons (Fsp3) is 1.00. The SMILES string of the molecule is CC(C)(C)C[C@@H]1CCCN1C(C)(C)C. The monoisotopic (exact) mass is 197 g/mol. The lowest BCUT2D eigenvalue weighted by Crippen LogP contribution is -2.45. The molecule has 0 aromatic carbocycles. The van der Waals surface area contributed by atoms with Crippen molar-refractivity contribution in [3.8, 4) is 0 Å². The van der Waals surface area contributed by atoms with E-state index in [0.717, 1.165) is 6.04 Å². The van der Waals surface area contributed by atoms with Crippen molar-refractivity contribution in [1.29, 1.82) is 0 Å². The average Bonchev–Trinajstić information content (AvgIpc) is 2.29. The van der Waals surface area contributed by atoms with Gasteiger partial charge in [0, 0.05) is 11.6 Å². The topological polar surface area (TPSA) is 3.24 Å². The van der Waals surface area contributed by atoms with Crippen LogP contribution in [0.3, 0.4) is 0 Å². The van der Waals surface area contributed by atoms with E-state index >= 15 is 0 Å². The van der Waals surface area contributed by atoms with E-state index in [1.165, 1.54) is 25.8 Å². The molecule has 1 heteroatoms. The molecular weight excluding hydrogens is 170 g/mol. The highest BCUT2D eigenvalue weighted by atomic mass is 15.2. The molecule has 1 aliphatic heterocycles. The lowest BCUT2D eigenvalue weighted by Gasteiger charge is -2.39. The van der Waals surface area contributed by atoms with E-state index < -0.39 is 0 Å². The molecule has 1 heterocycles. The minimum absolute atomic E-state index is 0.354. The summed E-state index contributed by atoms with van der Waals surface area (Å²) < 4.78 is 0. The van der Waals surface area contributed by atoms with Gasteiger partial charge in [0.05, 0.1) is 0 Å². The van der Waals surface area contributed by atoms with Gasteiger partial charge in [-0.25, -0.2) is 0 Å². The molecule has 0 bridgehead atoms. The van der Waals surface area contributed by atoms with Crippen molar-refractivity contribution in [3.63, 3.8) is 0 Å². The molecule has 1 atom stereocenters. The minimum Gasteiger partial charge on any atom is -0.296 e. The highest BCUT2D eigenvalue weighted by molar-refractivity contribution is 4.89. The molecule has 0 aromatic rings. The van der Waals surface area contributed by atoms with E-state index in [9.17, 15) is 0 Å². The Labute approximate surface area is 89.9 Å². The maximum atomic E-state index is 2.69. The Morgan fingerprint density at radius 2 is 1.64 bits per heavy atom. The third-order valence-corrected chi connectivity index (χ3v) is 3.09. The summed E-state index contributed by atoms with van der Waals surface area (Å²) in [5.74, 6) is 0. The molecule has 84 valence electrons. The van der Waals surface area contributed by atoms with Crippen molar-refractivity contribution in [3.05, 3.63) is 0 Å². The molecule has 0 N–H and O–H groups in total. The highest BCUT2D eigenvalue weighted by Gasteiger charge is 2.34. The summed E-state index contributed by atoms with van der Waals surface area (Å²) in [5.41, 5.74) is 0.824. The summed E-state index contributed by atoms with van der Waals surface area (Å²) in [5, 5.41) is 0. The summed E-state index contributed by atoms with van der Waals surface area (Å²) >= 11 is 0. The Hall–Kier alpha value is -0.0400. The van der Waals surface area contributed by atoms with Crippen LogP contribution in [0.4, 0.5) is 0 Å². The zero-order chi connectivity index (χ0) is 11.0. The van der Waals surface area contributed by atoms with Crippen LogP contribution in [0.1, 0.15) is 60.8 Å². The molecular formula is C13H27N. The number of hydrogen-bond donors (Lipinski definition) is 0. The Bertz CT molecular complexity index is 182. The van der Waals surface area contributed by atoms with Crippen LogP contribution in [-0.2, 0) is 0 Å². The van der Waals surface area contributed by atoms with Gasteiger partial charge in [-0.1, -0.05) is 20.8 Å². The molecule has 0 radical (unpaired) electrons. The highest BCUT2D eigenvalue weighted by Crippen LogP contribution is 2.33. The van der Waals surface area contributed by atoms with E-state index in [-0.39, 0.29) is 0 Å². The van der Waals surface area contributed by atoms with Crippen molar-refractivity contribution in [2.24, 2.45) is 5.41 Å². The molecule has 0 aromatic heterocycles. The first-order valence-corrected chi connectivity index (χ1v) is 5.97. The first-order valence-electron chi connectivity index (χ1n) is 5.97. The Kier molecular flexibility index (Phi) is 3.30. The van der Waals surface area contributed by atoms with Gasteiger partial charge in [-0.3, -0.25) is 4.90 Å². The molecule has 1 fully saturated rings. The molecule has 0 amide bonds. The van der Waals surface area contributed by atoms with E-state index in [4.69, 9.17) is 0 Å². The Morgan fingerprint density at radius 1 is 1.07 bits per heavy atom. The van der Waals surface area contributed by atoms with E-state index in [1.807, 2.05) is 0 Å². The van der Waals surface area contributed by atoms with Gasteiger partial charge in [0.15, 0.2) is 0 Å². The van der Waals surface area contributed by atoms with Crippen molar-refractivity contribution in [1.82, 2.24) is 4.90 Å². The van der Waals surface area contributed by atoms with Gasteiger partial charge < -0.3 is 0 Å². The fourth-order valence-corrected chi connectivity index (χ4v) is 2.64. The summed E-state index contributed by atoms with van der Waals surface area (Å²) in [4.78, 5) is 2.69. The van der Waals surface area contributed by atoms with E-state index in [2.05, 4.69) is 46.4 Å². The maximum absolute atomic E-state index is 2.69. The molecule has 1 nitrogen and oxygen atoms in total. The normalized spacial score (nSPS) is 25.7. The van der Waals surface area contributed by atoms with Gasteiger partial charge in [0.2, 0.25) is 0 Å². The fourth-order valence-electron chi connectivity index (χ4n) is 2.64. The summed E-state index contributed by atoms with van der Waals surface area (Å²) in [6, 6.07) is 0.815. The first-order chi connectivity index (χ1) is 6.20. The van der Waals surface area contributed by atoms with Crippen LogP contribution in [0, 0.1) is 5.41 Å². The summed E-state index contributed by atoms with van der Waals surface area (Å²) in [6.45, 7) is 15.4. The number of likely N-dealkylation sites (tertiary alicyclic amines) is 1. The van der Waals surface area contributed by atoms with Gasteiger partial charge in [0.1, 0.15) is 0 Å². The average molecular weight is 197 g/mol. The van der Waals surface area contributed by atoms with Crippen LogP contribution < -0.4 is 0 Å². The second-order valence-corrected chi connectivity index (χ2v) is 6.93. The van der Waals surface area contributed by atoms with Gasteiger partial charge in [-0.05, 0) is 52.0 Å². The van der Waals surface area contributed by atoms with Gasteiger partial charge >= 0.3 is 0 Å². The second kappa shape index (κ2) is 3.84. The second-order valence-electron chi connectivity index (χ2n) is 6.93. The first kappa shape index (κ1) is 12.0. The van der Waals surface area contributed by atoms with Crippen LogP contribution in [0.2, 0.25) is 0 Å². The van der Waals surface area contributed by atoms with Crippen LogP contribution in [0.15, 0.2) is 0 Å². The number of hydrogen-bond acceptors (Lipinski definition) is 1. The molecule has 1 aliphatic rings. The van der Waals surface area contributed by atoms with E-state index in [1.54, 1.807) is 0 Å². The van der Waals surface area contributed by atoms with E-state index in [0.29, 0.717) is 11.0 Å². The lowest BCUT2D eigenvalue weighted by atomic mass is 9.86. The van der Waals surface area contributed by atoms with Crippen molar-refractivity contribution in [2.75, 3.05) is 6.54 Å². The summed E-state index contributed by atoms with van der Waals surface area (Å²) in [6.07, 6.45) is 4.12. The summed E-state index contributed by atoms with van der Waals surface area (Å²) in [7, 11) is 0. The molecule has 0 aliphatic carbocycles. The smallest absolute Gasteiger partial charge is 0.0127 e. The molecule has 14 heavy (non-hydrogen) atoms. The minimum atomic E-state index is 0.354. The lowest BCUT2D eigenvalue weighted by molar-refractivity contribution is 0.0951. The zero-order valence-electron chi connectivity index (χ0n) is 10.9. The third kappa shape index (κ3) is 3.27. The van der Waals surface area contributed by atoms with Crippen LogP contribution in [0.25, 0.3) is 0 Å².